The second-order valence-electron chi connectivity index (χ2n) is 20.2. The molecule has 3 unspecified atom stereocenters. The second kappa shape index (κ2) is 54.4. The molecule has 0 saturated heterocycles. The van der Waals surface area contributed by atoms with Gasteiger partial charge in [-0.1, -0.05) is 295 Å². The van der Waals surface area contributed by atoms with Gasteiger partial charge in [-0.3, -0.25) is 4.79 Å². The number of unbranched alkanes of at least 4 members (excludes halogenated alkanes) is 42. The third-order valence-electron chi connectivity index (χ3n) is 13.8. The van der Waals surface area contributed by atoms with Crippen LogP contribution in [0.3, 0.4) is 0 Å². The molecule has 0 bridgehead atoms. The predicted octanol–water partition coefficient (Wildman–Crippen LogP) is 18.1. The van der Waals surface area contributed by atoms with E-state index >= 15 is 0 Å². The van der Waals surface area contributed by atoms with E-state index in [1.165, 1.54) is 244 Å². The van der Waals surface area contributed by atoms with E-state index in [0.717, 1.165) is 51.4 Å². The molecule has 0 fully saturated rings. The van der Waals surface area contributed by atoms with E-state index in [0.29, 0.717) is 12.8 Å². The number of allylic oxidation sites excluding steroid dienone is 4. The smallest absolute Gasteiger partial charge is 0.220 e. The van der Waals surface area contributed by atoms with Gasteiger partial charge in [-0.05, 0) is 44.9 Å². The van der Waals surface area contributed by atoms with Crippen molar-refractivity contribution in [3.8, 4) is 0 Å². The van der Waals surface area contributed by atoms with Crippen molar-refractivity contribution in [1.82, 2.24) is 5.32 Å². The van der Waals surface area contributed by atoms with Gasteiger partial charge in [0.05, 0.1) is 18.8 Å². The molecule has 1 amide bonds. The van der Waals surface area contributed by atoms with Crippen molar-refractivity contribution in [3.63, 3.8) is 0 Å². The van der Waals surface area contributed by atoms with Gasteiger partial charge in [0.15, 0.2) is 0 Å². The molecule has 0 aliphatic heterocycles. The molecule has 0 heterocycles. The number of aliphatic hydroxyl groups excluding tert-OH is 3. The first-order valence-electron chi connectivity index (χ1n) is 29.1. The minimum atomic E-state index is -1.16. The summed E-state index contributed by atoms with van der Waals surface area (Å²) in [6.45, 7) is 4.13. The van der Waals surface area contributed by atoms with Crippen molar-refractivity contribution in [2.45, 2.75) is 340 Å². The van der Waals surface area contributed by atoms with Crippen molar-refractivity contribution in [2.24, 2.45) is 0 Å². The largest absolute Gasteiger partial charge is 0.394 e. The average Bonchev–Trinajstić information content (AvgIpc) is 3.30. The first-order valence-corrected chi connectivity index (χ1v) is 29.1. The molecule has 380 valence electrons. The van der Waals surface area contributed by atoms with Gasteiger partial charge in [0, 0.05) is 6.42 Å². The summed E-state index contributed by atoms with van der Waals surface area (Å²) in [6, 6.07) is -0.829. The molecule has 0 radical (unpaired) electrons. The third kappa shape index (κ3) is 48.8. The first kappa shape index (κ1) is 62.8. The Labute approximate surface area is 401 Å². The maximum absolute atomic E-state index is 12.5. The summed E-state index contributed by atoms with van der Waals surface area (Å²) in [7, 11) is 0. The van der Waals surface area contributed by atoms with Crippen LogP contribution in [0.4, 0.5) is 0 Å². The van der Waals surface area contributed by atoms with Gasteiger partial charge < -0.3 is 20.6 Å². The lowest BCUT2D eigenvalue weighted by molar-refractivity contribution is -0.124. The zero-order valence-electron chi connectivity index (χ0n) is 43.4. The van der Waals surface area contributed by atoms with Crippen LogP contribution in [0.15, 0.2) is 24.3 Å². The molecule has 5 nitrogen and oxygen atoms in total. The Morgan fingerprint density at radius 1 is 0.375 bits per heavy atom. The van der Waals surface area contributed by atoms with Crippen LogP contribution >= 0.6 is 0 Å². The highest BCUT2D eigenvalue weighted by Crippen LogP contribution is 2.18. The van der Waals surface area contributed by atoms with E-state index in [4.69, 9.17) is 0 Å². The van der Waals surface area contributed by atoms with Crippen LogP contribution in [-0.2, 0) is 4.79 Å². The molecule has 0 aromatic heterocycles. The van der Waals surface area contributed by atoms with E-state index in [1.54, 1.807) is 0 Å². The Hall–Kier alpha value is -1.17. The van der Waals surface area contributed by atoms with E-state index in [2.05, 4.69) is 43.5 Å². The van der Waals surface area contributed by atoms with Gasteiger partial charge in [-0.2, -0.15) is 0 Å². The monoisotopic (exact) mass is 902 g/mol. The SMILES string of the molecule is CCCC/C=C/CC/C=C/CCCC(O)C(O)C(CO)NC(=O)CCCCCCCCCCCCCCCCCCCCCCCCCCCCCCCCCCCCCCCCC. The normalized spacial score (nSPS) is 13.4. The molecular formula is C59H115NO4. The fourth-order valence-corrected chi connectivity index (χ4v) is 9.29. The summed E-state index contributed by atoms with van der Waals surface area (Å²) in [5.74, 6) is -0.154. The minimum absolute atomic E-state index is 0.154. The number of nitrogens with one attached hydrogen (secondary N) is 1. The third-order valence-corrected chi connectivity index (χ3v) is 13.8. The van der Waals surface area contributed by atoms with Crippen LogP contribution in [0, 0.1) is 0 Å². The van der Waals surface area contributed by atoms with Crippen LogP contribution < -0.4 is 5.32 Å². The molecule has 0 spiro atoms. The van der Waals surface area contributed by atoms with Crippen molar-refractivity contribution in [3.05, 3.63) is 24.3 Å². The minimum Gasteiger partial charge on any atom is -0.394 e. The highest BCUT2D eigenvalue weighted by molar-refractivity contribution is 5.76. The number of carbonyl (C=O) groups excluding carboxylic acids is 1. The summed E-state index contributed by atoms with van der Waals surface area (Å²) >= 11 is 0. The lowest BCUT2D eigenvalue weighted by Crippen LogP contribution is -2.50. The number of hydrogen-bond donors (Lipinski definition) is 4. The summed E-state index contributed by atoms with van der Waals surface area (Å²) in [5.41, 5.74) is 0. The van der Waals surface area contributed by atoms with Crippen LogP contribution in [0.1, 0.15) is 322 Å². The molecule has 4 N–H and O–H groups in total. The van der Waals surface area contributed by atoms with Crippen molar-refractivity contribution >= 4 is 5.91 Å². The molecule has 0 aromatic rings. The van der Waals surface area contributed by atoms with Gasteiger partial charge in [0.25, 0.3) is 0 Å². The molecule has 0 aliphatic rings. The van der Waals surface area contributed by atoms with Gasteiger partial charge in [-0.25, -0.2) is 0 Å². The average molecular weight is 903 g/mol. The summed E-state index contributed by atoms with van der Waals surface area (Å²) in [5, 5.41) is 33.5. The van der Waals surface area contributed by atoms with Crippen molar-refractivity contribution in [2.75, 3.05) is 6.61 Å². The molecule has 0 aromatic carbocycles. The molecule has 0 saturated carbocycles. The van der Waals surface area contributed by atoms with Gasteiger partial charge in [0.1, 0.15) is 6.10 Å². The number of rotatable bonds is 54. The topological polar surface area (TPSA) is 89.8 Å². The van der Waals surface area contributed by atoms with E-state index in [1.807, 2.05) is 0 Å². The van der Waals surface area contributed by atoms with Crippen molar-refractivity contribution in [1.29, 1.82) is 0 Å². The number of hydrogen-bond acceptors (Lipinski definition) is 4. The maximum Gasteiger partial charge on any atom is 0.220 e. The first-order chi connectivity index (χ1) is 31.6. The van der Waals surface area contributed by atoms with Crippen LogP contribution in [0.5, 0.6) is 0 Å². The molecule has 0 rings (SSSR count). The standard InChI is InChI=1S/C59H115NO4/c1-3-5-7-9-11-13-15-16-17-18-19-20-21-22-23-24-25-26-27-28-29-30-31-32-33-34-35-36-37-38-39-40-41-42-44-46-48-50-52-54-58(63)60-56(55-61)59(64)57(62)53-51-49-47-45-43-14-12-10-8-6-4-2/h10,12,45,47,56-57,59,61-62,64H,3-9,11,13-44,46,48-55H2,1-2H3,(H,60,63)/b12-10+,47-45+. The lowest BCUT2D eigenvalue weighted by atomic mass is 10.0. The van der Waals surface area contributed by atoms with Crippen LogP contribution in [0.2, 0.25) is 0 Å². The Morgan fingerprint density at radius 2 is 0.641 bits per heavy atom. The fourth-order valence-electron chi connectivity index (χ4n) is 9.29. The highest BCUT2D eigenvalue weighted by Gasteiger charge is 2.26. The summed E-state index contributed by atoms with van der Waals surface area (Å²) in [4.78, 5) is 12.5. The zero-order chi connectivity index (χ0) is 46.5. The Morgan fingerprint density at radius 3 is 0.938 bits per heavy atom. The van der Waals surface area contributed by atoms with E-state index in [9.17, 15) is 20.1 Å². The molecule has 3 atom stereocenters. The predicted molar refractivity (Wildman–Crippen MR) is 282 cm³/mol. The van der Waals surface area contributed by atoms with Crippen LogP contribution in [-0.4, -0.2) is 46.1 Å². The summed E-state index contributed by atoms with van der Waals surface area (Å²) < 4.78 is 0. The molecular weight excluding hydrogens is 787 g/mol. The molecule has 64 heavy (non-hydrogen) atoms. The summed E-state index contributed by atoms with van der Waals surface area (Å²) in [6.07, 6.45) is 69.6. The van der Waals surface area contributed by atoms with Crippen molar-refractivity contribution < 1.29 is 20.1 Å². The van der Waals surface area contributed by atoms with Gasteiger partial charge in [-0.15, -0.1) is 0 Å². The quantitative estimate of drug-likeness (QED) is 0.0362. The maximum atomic E-state index is 12.5. The molecule has 0 aliphatic carbocycles. The number of amides is 1. The Bertz CT molecular complexity index is 951. The number of carbonyl (C=O) groups is 1. The molecule has 5 heteroatoms. The zero-order valence-corrected chi connectivity index (χ0v) is 43.4. The Balaban J connectivity index is 3.38. The second-order valence-corrected chi connectivity index (χ2v) is 20.2. The fraction of sp³-hybridized carbons (Fsp3) is 0.915. The highest BCUT2D eigenvalue weighted by atomic mass is 16.3. The van der Waals surface area contributed by atoms with Crippen LogP contribution in [0.25, 0.3) is 0 Å². The van der Waals surface area contributed by atoms with E-state index in [-0.39, 0.29) is 12.5 Å². The van der Waals surface area contributed by atoms with Gasteiger partial charge >= 0.3 is 0 Å². The lowest BCUT2D eigenvalue weighted by Gasteiger charge is -2.26. The Kier molecular flexibility index (Phi) is 53.4. The van der Waals surface area contributed by atoms with E-state index < -0.39 is 18.2 Å². The number of aliphatic hydroxyl groups is 3. The van der Waals surface area contributed by atoms with Gasteiger partial charge in [0.2, 0.25) is 5.91 Å².